The maximum absolute atomic E-state index is 12.7. The van der Waals surface area contributed by atoms with Crippen molar-refractivity contribution in [2.75, 3.05) is 19.8 Å². The Bertz CT molecular complexity index is 1040. The van der Waals surface area contributed by atoms with Crippen molar-refractivity contribution in [3.63, 3.8) is 0 Å². The zero-order chi connectivity index (χ0) is 40.2. The van der Waals surface area contributed by atoms with Crippen molar-refractivity contribution in [3.05, 3.63) is 48.6 Å². The van der Waals surface area contributed by atoms with Crippen LogP contribution in [0.25, 0.3) is 0 Å². The van der Waals surface area contributed by atoms with Crippen LogP contribution < -0.4 is 0 Å². The lowest BCUT2D eigenvalue weighted by Gasteiger charge is -2.39. The van der Waals surface area contributed by atoms with Crippen LogP contribution in [0.1, 0.15) is 168 Å². The molecule has 318 valence electrons. The van der Waals surface area contributed by atoms with Crippen LogP contribution in [0.15, 0.2) is 48.6 Å². The largest absolute Gasteiger partial charge is 0.462 e. The summed E-state index contributed by atoms with van der Waals surface area (Å²) >= 11 is 0. The van der Waals surface area contributed by atoms with E-state index < -0.39 is 55.4 Å². The number of ether oxygens (including phenoxy) is 4. The molecule has 4 N–H and O–H groups in total. The normalized spacial score (nSPS) is 21.0. The van der Waals surface area contributed by atoms with Crippen LogP contribution in [-0.4, -0.2) is 89.0 Å². The molecule has 0 spiro atoms. The highest BCUT2D eigenvalue weighted by Gasteiger charge is 2.44. The van der Waals surface area contributed by atoms with Crippen LogP contribution in [0.5, 0.6) is 0 Å². The molecule has 0 amide bonds. The summed E-state index contributed by atoms with van der Waals surface area (Å²) in [4.78, 5) is 25.3. The van der Waals surface area contributed by atoms with Crippen molar-refractivity contribution in [1.29, 1.82) is 0 Å². The highest BCUT2D eigenvalue weighted by Crippen LogP contribution is 2.22. The van der Waals surface area contributed by atoms with Gasteiger partial charge in [-0.05, 0) is 77.0 Å². The quantitative estimate of drug-likeness (QED) is 0.0279. The molecule has 1 fully saturated rings. The molecule has 0 saturated carbocycles. The maximum Gasteiger partial charge on any atom is 0.306 e. The highest BCUT2D eigenvalue weighted by molar-refractivity contribution is 5.70. The van der Waals surface area contributed by atoms with Crippen LogP contribution in [0.3, 0.4) is 0 Å². The van der Waals surface area contributed by atoms with E-state index in [0.717, 1.165) is 57.8 Å². The summed E-state index contributed by atoms with van der Waals surface area (Å²) in [6.45, 7) is 3.33. The van der Waals surface area contributed by atoms with Crippen molar-refractivity contribution in [3.8, 4) is 0 Å². The molecule has 1 aliphatic rings. The molecule has 0 aromatic carbocycles. The number of carbonyl (C=O) groups is 2. The van der Waals surface area contributed by atoms with Crippen LogP contribution >= 0.6 is 0 Å². The topological polar surface area (TPSA) is 152 Å². The number of aliphatic hydroxyl groups excluding tert-OH is 4. The molecule has 55 heavy (non-hydrogen) atoms. The van der Waals surface area contributed by atoms with E-state index in [-0.39, 0.29) is 26.1 Å². The maximum atomic E-state index is 12.7. The first-order chi connectivity index (χ1) is 26.8. The molecule has 0 bridgehead atoms. The average Bonchev–Trinajstić information content (AvgIpc) is 3.18. The van der Waals surface area contributed by atoms with Gasteiger partial charge in [0.25, 0.3) is 0 Å². The minimum absolute atomic E-state index is 0.215. The molecule has 2 unspecified atom stereocenters. The lowest BCUT2D eigenvalue weighted by atomic mass is 9.99. The molecule has 0 aliphatic carbocycles. The zero-order valence-electron chi connectivity index (χ0n) is 34.4. The lowest BCUT2D eigenvalue weighted by molar-refractivity contribution is -0.305. The Hall–Kier alpha value is -2.34. The van der Waals surface area contributed by atoms with Gasteiger partial charge in [-0.3, -0.25) is 9.59 Å². The third-order valence-corrected chi connectivity index (χ3v) is 9.69. The number of hydrogen-bond donors (Lipinski definition) is 4. The number of esters is 2. The molecule has 6 atom stereocenters. The Morgan fingerprint density at radius 3 is 1.62 bits per heavy atom. The van der Waals surface area contributed by atoms with Gasteiger partial charge < -0.3 is 39.4 Å². The molecule has 0 aromatic heterocycles. The van der Waals surface area contributed by atoms with E-state index in [1.807, 2.05) is 0 Å². The molecule has 1 saturated heterocycles. The average molecular weight is 779 g/mol. The van der Waals surface area contributed by atoms with Crippen LogP contribution in [0.4, 0.5) is 0 Å². The van der Waals surface area contributed by atoms with E-state index in [9.17, 15) is 30.0 Å². The number of aliphatic hydroxyl groups is 4. The second-order valence-electron chi connectivity index (χ2n) is 14.8. The summed E-state index contributed by atoms with van der Waals surface area (Å²) in [7, 11) is 0. The van der Waals surface area contributed by atoms with Gasteiger partial charge in [0, 0.05) is 12.8 Å². The Kier molecular flexibility index (Phi) is 33.2. The van der Waals surface area contributed by atoms with Gasteiger partial charge in [0.15, 0.2) is 12.4 Å². The molecule has 10 nitrogen and oxygen atoms in total. The van der Waals surface area contributed by atoms with Gasteiger partial charge in [-0.1, -0.05) is 127 Å². The third-order valence-electron chi connectivity index (χ3n) is 9.69. The van der Waals surface area contributed by atoms with Gasteiger partial charge in [-0.25, -0.2) is 0 Å². The number of allylic oxidation sites excluding steroid dienone is 8. The molecule has 0 aromatic rings. The Morgan fingerprint density at radius 1 is 0.564 bits per heavy atom. The van der Waals surface area contributed by atoms with Gasteiger partial charge in [0.2, 0.25) is 0 Å². The minimum Gasteiger partial charge on any atom is -0.462 e. The molecule has 1 aliphatic heterocycles. The standard InChI is InChI=1S/C45H78O10/c1-3-5-7-9-11-13-15-17-19-21-23-25-27-29-31-33-40(47)52-36-38(37-53-45-44(51)43(50)42(49)39(35-46)55-45)54-41(48)34-32-30-28-26-24-22-20-18-16-14-12-10-8-6-4-2/h11,13-14,16-17,19,23,25,38-39,42-46,49-51H,3-10,12,15,18,20-22,24,26-37H2,1-2H3/b13-11+,16-14+,19-17+,25-23+/t38-,39-,42+,43?,44?,45-/m0/s1. The third kappa shape index (κ3) is 27.8. The lowest BCUT2D eigenvalue weighted by Crippen LogP contribution is -2.59. The number of rotatable bonds is 35. The fourth-order valence-electron chi connectivity index (χ4n) is 6.19. The molecule has 10 heteroatoms. The van der Waals surface area contributed by atoms with Gasteiger partial charge in [0.1, 0.15) is 31.0 Å². The predicted molar refractivity (Wildman–Crippen MR) is 219 cm³/mol. The van der Waals surface area contributed by atoms with E-state index in [1.165, 1.54) is 70.6 Å². The SMILES string of the molecule is CCCCC/C=C/C/C=C/C/C=C/CCCCC(=O)OC[C@@H](CO[C@H]1O[C@@H](CO)[C@@H](O)C(O)C1O)OC(=O)CCCCCCCCC/C=C/CCCCCC. The summed E-state index contributed by atoms with van der Waals surface area (Å²) in [5, 5.41) is 40.0. The fraction of sp³-hybridized carbons (Fsp3) is 0.778. The van der Waals surface area contributed by atoms with Crippen molar-refractivity contribution in [2.24, 2.45) is 0 Å². The van der Waals surface area contributed by atoms with Crippen LogP contribution in [0, 0.1) is 0 Å². The van der Waals surface area contributed by atoms with E-state index in [0.29, 0.717) is 12.8 Å². The number of hydrogen-bond acceptors (Lipinski definition) is 10. The molecule has 1 heterocycles. The molecular formula is C45H78O10. The van der Waals surface area contributed by atoms with Crippen molar-refractivity contribution in [2.45, 2.75) is 205 Å². The first kappa shape index (κ1) is 50.7. The van der Waals surface area contributed by atoms with E-state index in [4.69, 9.17) is 18.9 Å². The van der Waals surface area contributed by atoms with Crippen molar-refractivity contribution in [1.82, 2.24) is 0 Å². The summed E-state index contributed by atoms with van der Waals surface area (Å²) in [6.07, 6.45) is 34.0. The highest BCUT2D eigenvalue weighted by atomic mass is 16.7. The first-order valence-electron chi connectivity index (χ1n) is 21.7. The van der Waals surface area contributed by atoms with Crippen LogP contribution in [0.2, 0.25) is 0 Å². The zero-order valence-corrected chi connectivity index (χ0v) is 34.4. The van der Waals surface area contributed by atoms with Crippen LogP contribution in [-0.2, 0) is 28.5 Å². The van der Waals surface area contributed by atoms with E-state index >= 15 is 0 Å². The minimum atomic E-state index is -1.60. The fourth-order valence-corrected chi connectivity index (χ4v) is 6.19. The van der Waals surface area contributed by atoms with Gasteiger partial charge in [0.05, 0.1) is 13.2 Å². The molecule has 0 radical (unpaired) electrons. The van der Waals surface area contributed by atoms with Gasteiger partial charge in [-0.2, -0.15) is 0 Å². The summed E-state index contributed by atoms with van der Waals surface area (Å²) in [6, 6.07) is 0. The Morgan fingerprint density at radius 2 is 1.02 bits per heavy atom. The monoisotopic (exact) mass is 779 g/mol. The second kappa shape index (κ2) is 36.0. The molecule has 1 rings (SSSR count). The first-order valence-corrected chi connectivity index (χ1v) is 21.7. The smallest absolute Gasteiger partial charge is 0.306 e. The Balaban J connectivity index is 2.39. The van der Waals surface area contributed by atoms with E-state index in [2.05, 4.69) is 62.5 Å². The number of carbonyl (C=O) groups excluding carboxylic acids is 2. The summed E-state index contributed by atoms with van der Waals surface area (Å²) < 4.78 is 22.1. The van der Waals surface area contributed by atoms with Gasteiger partial charge in [-0.15, -0.1) is 0 Å². The van der Waals surface area contributed by atoms with Gasteiger partial charge >= 0.3 is 11.9 Å². The predicted octanol–water partition coefficient (Wildman–Crippen LogP) is 8.88. The summed E-state index contributed by atoms with van der Waals surface area (Å²) in [5.74, 6) is -0.859. The van der Waals surface area contributed by atoms with Crippen molar-refractivity contribution >= 4 is 11.9 Å². The Labute approximate surface area is 333 Å². The summed E-state index contributed by atoms with van der Waals surface area (Å²) in [5.41, 5.74) is 0. The van der Waals surface area contributed by atoms with Crippen molar-refractivity contribution < 1.29 is 49.0 Å². The number of unbranched alkanes of at least 4 members (excludes halogenated alkanes) is 16. The molecular weight excluding hydrogens is 700 g/mol. The van der Waals surface area contributed by atoms with E-state index in [1.54, 1.807) is 0 Å². The second-order valence-corrected chi connectivity index (χ2v) is 14.8.